The van der Waals surface area contributed by atoms with Crippen LogP contribution in [-0.2, 0) is 11.3 Å². The third-order valence-corrected chi connectivity index (χ3v) is 4.87. The Kier molecular flexibility index (Phi) is 5.15. The first-order chi connectivity index (χ1) is 13.7. The van der Waals surface area contributed by atoms with E-state index < -0.39 is 0 Å². The SMILES string of the molecule is O=C(CC(c1ccc(F)cc1)c1c[nH]c2ccccc12)NCc1cccnc1. The molecule has 0 saturated carbocycles. The van der Waals surface area contributed by atoms with Crippen LogP contribution in [0.5, 0.6) is 0 Å². The molecule has 1 unspecified atom stereocenters. The van der Waals surface area contributed by atoms with Crippen molar-refractivity contribution in [1.82, 2.24) is 15.3 Å². The first-order valence-electron chi connectivity index (χ1n) is 9.18. The number of carbonyl (C=O) groups excluding carboxylic acids is 1. The lowest BCUT2D eigenvalue weighted by Gasteiger charge is -2.17. The number of para-hydroxylation sites is 1. The molecule has 4 rings (SSSR count). The lowest BCUT2D eigenvalue weighted by molar-refractivity contribution is -0.121. The van der Waals surface area contributed by atoms with Crippen LogP contribution in [0, 0.1) is 5.82 Å². The van der Waals surface area contributed by atoms with Crippen molar-refractivity contribution in [3.05, 3.63) is 102 Å². The van der Waals surface area contributed by atoms with Gasteiger partial charge in [-0.1, -0.05) is 36.4 Å². The number of H-pyrrole nitrogens is 1. The van der Waals surface area contributed by atoms with Crippen LogP contribution >= 0.6 is 0 Å². The molecule has 4 aromatic rings. The number of hydrogen-bond acceptors (Lipinski definition) is 2. The average molecular weight is 373 g/mol. The zero-order chi connectivity index (χ0) is 19.3. The smallest absolute Gasteiger partial charge is 0.221 e. The van der Waals surface area contributed by atoms with Gasteiger partial charge in [0.15, 0.2) is 0 Å². The van der Waals surface area contributed by atoms with Crippen LogP contribution in [0.4, 0.5) is 4.39 Å². The number of benzene rings is 2. The Morgan fingerprint density at radius 2 is 1.89 bits per heavy atom. The minimum absolute atomic E-state index is 0.0662. The first-order valence-corrected chi connectivity index (χ1v) is 9.18. The Bertz CT molecular complexity index is 1070. The summed E-state index contributed by atoms with van der Waals surface area (Å²) in [5, 5.41) is 4.02. The van der Waals surface area contributed by atoms with E-state index in [1.807, 2.05) is 42.6 Å². The molecule has 2 heterocycles. The monoisotopic (exact) mass is 373 g/mol. The highest BCUT2D eigenvalue weighted by molar-refractivity contribution is 5.86. The highest BCUT2D eigenvalue weighted by Crippen LogP contribution is 2.33. The van der Waals surface area contributed by atoms with E-state index in [4.69, 9.17) is 0 Å². The fraction of sp³-hybridized carbons (Fsp3) is 0.130. The van der Waals surface area contributed by atoms with E-state index in [0.717, 1.165) is 27.6 Å². The fourth-order valence-electron chi connectivity index (χ4n) is 3.45. The van der Waals surface area contributed by atoms with Gasteiger partial charge in [0.1, 0.15) is 5.82 Å². The second kappa shape index (κ2) is 8.05. The number of aromatic amines is 1. The fourth-order valence-corrected chi connectivity index (χ4v) is 3.45. The van der Waals surface area contributed by atoms with E-state index in [-0.39, 0.29) is 24.1 Å². The van der Waals surface area contributed by atoms with Crippen LogP contribution < -0.4 is 5.32 Å². The molecule has 0 aliphatic rings. The number of pyridine rings is 1. The molecular weight excluding hydrogens is 353 g/mol. The van der Waals surface area contributed by atoms with Gasteiger partial charge >= 0.3 is 0 Å². The van der Waals surface area contributed by atoms with Gasteiger partial charge in [-0.05, 0) is 41.0 Å². The van der Waals surface area contributed by atoms with Gasteiger partial charge in [0.05, 0.1) is 0 Å². The van der Waals surface area contributed by atoms with Crippen molar-refractivity contribution in [2.24, 2.45) is 0 Å². The molecule has 1 amide bonds. The molecule has 0 spiro atoms. The predicted octanol–water partition coefficient (Wildman–Crippen LogP) is 4.54. The molecule has 0 radical (unpaired) electrons. The third-order valence-electron chi connectivity index (χ3n) is 4.87. The van der Waals surface area contributed by atoms with Gasteiger partial charge < -0.3 is 10.3 Å². The summed E-state index contributed by atoms with van der Waals surface area (Å²) in [6.45, 7) is 0.427. The van der Waals surface area contributed by atoms with Crippen molar-refractivity contribution in [2.45, 2.75) is 18.9 Å². The van der Waals surface area contributed by atoms with Crippen molar-refractivity contribution in [2.75, 3.05) is 0 Å². The molecule has 1 atom stereocenters. The number of fused-ring (bicyclic) bond motifs is 1. The van der Waals surface area contributed by atoms with Gasteiger partial charge in [0.25, 0.3) is 0 Å². The number of halogens is 1. The average Bonchev–Trinajstić information content (AvgIpc) is 3.16. The number of aromatic nitrogens is 2. The summed E-state index contributed by atoms with van der Waals surface area (Å²) in [7, 11) is 0. The quantitative estimate of drug-likeness (QED) is 0.521. The van der Waals surface area contributed by atoms with Crippen molar-refractivity contribution in [1.29, 1.82) is 0 Å². The Hall–Kier alpha value is -3.47. The largest absolute Gasteiger partial charge is 0.361 e. The molecule has 4 nitrogen and oxygen atoms in total. The summed E-state index contributed by atoms with van der Waals surface area (Å²) < 4.78 is 13.4. The second-order valence-corrected chi connectivity index (χ2v) is 6.74. The van der Waals surface area contributed by atoms with Gasteiger partial charge in [0.2, 0.25) is 5.91 Å². The minimum atomic E-state index is -0.289. The molecule has 0 aliphatic carbocycles. The lowest BCUT2D eigenvalue weighted by atomic mass is 9.88. The van der Waals surface area contributed by atoms with Crippen LogP contribution in [0.1, 0.15) is 29.0 Å². The summed E-state index contributed by atoms with van der Waals surface area (Å²) >= 11 is 0. The highest BCUT2D eigenvalue weighted by atomic mass is 19.1. The van der Waals surface area contributed by atoms with Gasteiger partial charge in [0, 0.05) is 48.4 Å². The molecule has 2 aromatic heterocycles. The van der Waals surface area contributed by atoms with E-state index in [1.165, 1.54) is 12.1 Å². The lowest BCUT2D eigenvalue weighted by Crippen LogP contribution is -2.25. The Morgan fingerprint density at radius 1 is 1.07 bits per heavy atom. The van der Waals surface area contributed by atoms with Crippen LogP contribution in [0.25, 0.3) is 10.9 Å². The summed E-state index contributed by atoms with van der Waals surface area (Å²) in [4.78, 5) is 20.0. The van der Waals surface area contributed by atoms with Crippen LogP contribution in [0.2, 0.25) is 0 Å². The Morgan fingerprint density at radius 3 is 2.68 bits per heavy atom. The molecule has 0 fully saturated rings. The van der Waals surface area contributed by atoms with Crippen molar-refractivity contribution >= 4 is 16.8 Å². The highest BCUT2D eigenvalue weighted by Gasteiger charge is 2.21. The van der Waals surface area contributed by atoms with E-state index in [9.17, 15) is 9.18 Å². The molecule has 5 heteroatoms. The summed E-state index contributed by atoms with van der Waals surface area (Å²) in [5.74, 6) is -0.531. The number of carbonyl (C=O) groups is 1. The molecule has 0 aliphatic heterocycles. The van der Waals surface area contributed by atoms with E-state index in [2.05, 4.69) is 15.3 Å². The number of nitrogens with one attached hydrogen (secondary N) is 2. The number of nitrogens with zero attached hydrogens (tertiary/aromatic N) is 1. The predicted molar refractivity (Wildman–Crippen MR) is 107 cm³/mol. The minimum Gasteiger partial charge on any atom is -0.361 e. The normalized spacial score (nSPS) is 12.0. The topological polar surface area (TPSA) is 57.8 Å². The molecule has 0 bridgehead atoms. The van der Waals surface area contributed by atoms with Gasteiger partial charge in [-0.3, -0.25) is 9.78 Å². The second-order valence-electron chi connectivity index (χ2n) is 6.74. The molecule has 140 valence electrons. The Labute approximate surface area is 162 Å². The van der Waals surface area contributed by atoms with Crippen molar-refractivity contribution < 1.29 is 9.18 Å². The zero-order valence-electron chi connectivity index (χ0n) is 15.2. The van der Waals surface area contributed by atoms with Crippen LogP contribution in [0.3, 0.4) is 0 Å². The number of hydrogen-bond donors (Lipinski definition) is 2. The van der Waals surface area contributed by atoms with Crippen molar-refractivity contribution in [3.63, 3.8) is 0 Å². The van der Waals surface area contributed by atoms with Crippen LogP contribution in [-0.4, -0.2) is 15.9 Å². The number of rotatable bonds is 6. The first kappa shape index (κ1) is 17.9. The van der Waals surface area contributed by atoms with E-state index in [0.29, 0.717) is 6.54 Å². The third kappa shape index (κ3) is 3.93. The summed E-state index contributed by atoms with van der Waals surface area (Å²) in [6.07, 6.45) is 5.64. The summed E-state index contributed by atoms with van der Waals surface area (Å²) in [6, 6.07) is 18.1. The maximum absolute atomic E-state index is 13.4. The maximum Gasteiger partial charge on any atom is 0.221 e. The van der Waals surface area contributed by atoms with Gasteiger partial charge in [-0.15, -0.1) is 0 Å². The van der Waals surface area contributed by atoms with Crippen LogP contribution in [0.15, 0.2) is 79.3 Å². The number of amides is 1. The maximum atomic E-state index is 13.4. The van der Waals surface area contributed by atoms with Gasteiger partial charge in [-0.2, -0.15) is 0 Å². The molecule has 28 heavy (non-hydrogen) atoms. The standard InChI is InChI=1S/C23H20FN3O/c24-18-9-7-17(8-10-18)20(21-15-26-22-6-2-1-5-19(21)22)12-23(28)27-14-16-4-3-11-25-13-16/h1-11,13,15,20,26H,12,14H2,(H,27,28). The van der Waals surface area contributed by atoms with E-state index >= 15 is 0 Å². The van der Waals surface area contributed by atoms with Crippen molar-refractivity contribution in [3.8, 4) is 0 Å². The summed E-state index contributed by atoms with van der Waals surface area (Å²) in [5.41, 5.74) is 3.89. The molecular formula is C23H20FN3O. The zero-order valence-corrected chi connectivity index (χ0v) is 15.2. The van der Waals surface area contributed by atoms with E-state index in [1.54, 1.807) is 24.5 Å². The van der Waals surface area contributed by atoms with Gasteiger partial charge in [-0.25, -0.2) is 4.39 Å². The Balaban J connectivity index is 1.60. The molecule has 2 N–H and O–H groups in total. The molecule has 2 aromatic carbocycles. The molecule has 0 saturated heterocycles.